The van der Waals surface area contributed by atoms with Gasteiger partial charge < -0.3 is 0 Å². The predicted octanol–water partition coefficient (Wildman–Crippen LogP) is 2.17. The van der Waals surface area contributed by atoms with Crippen LogP contribution in [0.2, 0.25) is 0 Å². The highest BCUT2D eigenvalue weighted by atomic mass is 32.2. The van der Waals surface area contributed by atoms with Crippen LogP contribution >= 0.6 is 0 Å². The smallest absolute Gasteiger partial charge is 0.238 e. The van der Waals surface area contributed by atoms with Crippen LogP contribution in [0.1, 0.15) is 10.4 Å². The molecule has 0 saturated heterocycles. The van der Waals surface area contributed by atoms with E-state index in [1.807, 2.05) is 5.98 Å². The molecular formula is C17H13BFNO3S. The molecule has 24 heavy (non-hydrogen) atoms. The Labute approximate surface area is 139 Å². The third-order valence-electron chi connectivity index (χ3n) is 3.78. The van der Waals surface area contributed by atoms with E-state index in [9.17, 15) is 17.6 Å². The summed E-state index contributed by atoms with van der Waals surface area (Å²) < 4.78 is 37.8. The summed E-state index contributed by atoms with van der Waals surface area (Å²) in [6.45, 7) is 0. The van der Waals surface area contributed by atoms with Gasteiger partial charge in [-0.15, -0.1) is 5.98 Å². The summed E-state index contributed by atoms with van der Waals surface area (Å²) in [5.41, 5.74) is 1.11. The van der Waals surface area contributed by atoms with E-state index in [1.165, 1.54) is 24.3 Å². The lowest BCUT2D eigenvalue weighted by Crippen LogP contribution is -2.13. The molecule has 0 fully saturated rings. The van der Waals surface area contributed by atoms with E-state index >= 15 is 0 Å². The van der Waals surface area contributed by atoms with E-state index in [-0.39, 0.29) is 16.2 Å². The molecule has 0 aromatic heterocycles. The molecule has 0 atom stereocenters. The molecule has 7 heteroatoms. The van der Waals surface area contributed by atoms with Crippen LogP contribution in [0.25, 0.3) is 11.1 Å². The van der Waals surface area contributed by atoms with E-state index in [4.69, 9.17) is 5.14 Å². The summed E-state index contributed by atoms with van der Waals surface area (Å²) in [4.78, 5) is 12.2. The van der Waals surface area contributed by atoms with E-state index in [0.29, 0.717) is 23.9 Å². The molecule has 1 aliphatic rings. The van der Waals surface area contributed by atoms with Gasteiger partial charge in [-0.1, -0.05) is 36.4 Å². The van der Waals surface area contributed by atoms with Crippen molar-refractivity contribution in [3.05, 3.63) is 77.4 Å². The molecule has 0 bridgehead atoms. The zero-order chi connectivity index (χ0) is 17.3. The molecule has 0 amide bonds. The van der Waals surface area contributed by atoms with E-state index in [1.54, 1.807) is 24.3 Å². The number of Topliss-reactive ketones (excluding diaryl/α,β-unsaturated/α-hetero) is 1. The number of allylic oxidation sites excluding steroid dienone is 3. The van der Waals surface area contributed by atoms with Gasteiger partial charge in [-0.25, -0.2) is 17.9 Å². The summed E-state index contributed by atoms with van der Waals surface area (Å²) in [7, 11) is -3.46. The number of sulfonamides is 1. The second-order valence-corrected chi connectivity index (χ2v) is 6.92. The van der Waals surface area contributed by atoms with Gasteiger partial charge >= 0.3 is 0 Å². The molecule has 0 saturated carbocycles. The van der Waals surface area contributed by atoms with Gasteiger partial charge in [0.1, 0.15) is 5.82 Å². The molecule has 0 spiro atoms. The fourth-order valence-corrected chi connectivity index (χ4v) is 3.37. The normalized spacial score (nSPS) is 13.5. The number of carbonyl (C=O) groups is 1. The van der Waals surface area contributed by atoms with Crippen molar-refractivity contribution in [1.29, 1.82) is 0 Å². The summed E-state index contributed by atoms with van der Waals surface area (Å²) in [6.07, 6.45) is 3.41. The molecule has 2 aromatic carbocycles. The first-order valence-electron chi connectivity index (χ1n) is 7.20. The monoisotopic (exact) mass is 341 g/mol. The number of primary sulfonamides is 1. The fraction of sp³-hybridized carbons (Fsp3) is 0. The van der Waals surface area contributed by atoms with Crippen molar-refractivity contribution in [3.8, 4) is 11.1 Å². The minimum Gasteiger partial charge on any atom is -0.290 e. The first-order chi connectivity index (χ1) is 11.4. The molecule has 1 heterocycles. The van der Waals surface area contributed by atoms with Gasteiger partial charge in [-0.05, 0) is 29.2 Å². The molecule has 2 N–H and O–H groups in total. The zero-order valence-electron chi connectivity index (χ0n) is 12.6. The maximum atomic E-state index is 14.4. The van der Waals surface area contributed by atoms with Crippen LogP contribution in [-0.2, 0) is 10.0 Å². The topological polar surface area (TPSA) is 77.2 Å². The summed E-state index contributed by atoms with van der Waals surface area (Å²) in [5, 5.41) is 5.20. The zero-order valence-corrected chi connectivity index (χ0v) is 13.4. The molecule has 1 aliphatic heterocycles. The van der Waals surface area contributed by atoms with Crippen LogP contribution in [-0.4, -0.2) is 21.5 Å². The number of carbonyl (C=O) groups excluding carboxylic acids is 1. The van der Waals surface area contributed by atoms with E-state index < -0.39 is 15.8 Å². The van der Waals surface area contributed by atoms with Gasteiger partial charge in [-0.3, -0.25) is 4.79 Å². The SMILES string of the molecule is NS(=O)(=O)c1ccccc1-c1ccc(C(=O)C2=CC=CB2)c(F)c1. The maximum Gasteiger partial charge on any atom is 0.238 e. The van der Waals surface area contributed by atoms with Crippen LogP contribution in [0.5, 0.6) is 0 Å². The van der Waals surface area contributed by atoms with Gasteiger partial charge in [0.15, 0.2) is 13.1 Å². The van der Waals surface area contributed by atoms with Crippen molar-refractivity contribution in [2.75, 3.05) is 0 Å². The minimum absolute atomic E-state index is 0.0400. The Kier molecular flexibility index (Phi) is 4.21. The lowest BCUT2D eigenvalue weighted by atomic mass is 9.70. The Bertz CT molecular complexity index is 997. The van der Waals surface area contributed by atoms with Gasteiger partial charge in [0.05, 0.1) is 10.5 Å². The number of hydrogen-bond donors (Lipinski definition) is 1. The summed E-state index contributed by atoms with van der Waals surface area (Å²) in [6, 6.07) is 10.1. The van der Waals surface area contributed by atoms with E-state index in [0.717, 1.165) is 6.07 Å². The Hall–Kier alpha value is -2.51. The fourth-order valence-electron chi connectivity index (χ4n) is 2.61. The number of hydrogen-bond acceptors (Lipinski definition) is 3. The minimum atomic E-state index is -3.94. The summed E-state index contributed by atoms with van der Waals surface area (Å²) >= 11 is 0. The van der Waals surface area contributed by atoms with Crippen LogP contribution in [0.3, 0.4) is 0 Å². The highest BCUT2D eigenvalue weighted by Gasteiger charge is 2.20. The van der Waals surface area contributed by atoms with Crippen molar-refractivity contribution in [3.63, 3.8) is 0 Å². The molecule has 120 valence electrons. The Balaban J connectivity index is 2.04. The predicted molar refractivity (Wildman–Crippen MR) is 91.9 cm³/mol. The first kappa shape index (κ1) is 16.4. The van der Waals surface area contributed by atoms with Crippen molar-refractivity contribution < 1.29 is 17.6 Å². The van der Waals surface area contributed by atoms with Crippen molar-refractivity contribution >= 4 is 23.1 Å². The molecule has 0 aliphatic carbocycles. The molecular weight excluding hydrogens is 328 g/mol. The van der Waals surface area contributed by atoms with Gasteiger partial charge in [0.2, 0.25) is 10.0 Å². The standard InChI is InChI=1S/C17H13BFNO3S/c19-15-10-11(12-4-1-2-6-16(12)24(20,22)23)7-8-13(15)17(21)14-5-3-9-18-14/h1-10,18H,(H2,20,22,23). The number of benzene rings is 2. The van der Waals surface area contributed by atoms with Gasteiger partial charge in [-0.2, -0.15) is 0 Å². The second-order valence-electron chi connectivity index (χ2n) is 5.39. The van der Waals surface area contributed by atoms with Crippen LogP contribution in [0.4, 0.5) is 4.39 Å². The second kappa shape index (κ2) is 6.18. The Morgan fingerprint density at radius 2 is 1.88 bits per heavy atom. The Morgan fingerprint density at radius 1 is 1.12 bits per heavy atom. The first-order valence-corrected chi connectivity index (χ1v) is 8.75. The third-order valence-corrected chi connectivity index (χ3v) is 4.75. The molecule has 2 aromatic rings. The largest absolute Gasteiger partial charge is 0.290 e. The van der Waals surface area contributed by atoms with Crippen molar-refractivity contribution in [1.82, 2.24) is 0 Å². The average Bonchev–Trinajstić information content (AvgIpc) is 3.08. The maximum absolute atomic E-state index is 14.4. The van der Waals surface area contributed by atoms with Crippen LogP contribution in [0, 0.1) is 5.82 Å². The van der Waals surface area contributed by atoms with Gasteiger partial charge in [0.25, 0.3) is 0 Å². The quantitative estimate of drug-likeness (QED) is 0.684. The summed E-state index contributed by atoms with van der Waals surface area (Å²) in [5.74, 6) is 0.750. The lowest BCUT2D eigenvalue weighted by Gasteiger charge is -2.10. The number of rotatable bonds is 4. The number of halogens is 1. The highest BCUT2D eigenvalue weighted by molar-refractivity contribution is 7.89. The third kappa shape index (κ3) is 3.08. The van der Waals surface area contributed by atoms with Crippen molar-refractivity contribution in [2.45, 2.75) is 4.90 Å². The lowest BCUT2D eigenvalue weighted by molar-refractivity contribution is 0.103. The molecule has 3 rings (SSSR count). The molecule has 0 unspecified atom stereocenters. The Morgan fingerprint density at radius 3 is 2.50 bits per heavy atom. The molecule has 4 nitrogen and oxygen atoms in total. The van der Waals surface area contributed by atoms with Crippen molar-refractivity contribution in [2.24, 2.45) is 5.14 Å². The van der Waals surface area contributed by atoms with Crippen LogP contribution < -0.4 is 5.14 Å². The highest BCUT2D eigenvalue weighted by Crippen LogP contribution is 2.28. The average molecular weight is 341 g/mol. The van der Waals surface area contributed by atoms with Gasteiger partial charge in [0, 0.05) is 5.56 Å². The molecule has 0 radical (unpaired) electrons. The number of ketones is 1. The van der Waals surface area contributed by atoms with E-state index in [2.05, 4.69) is 0 Å². The number of nitrogens with two attached hydrogens (primary N) is 1. The van der Waals surface area contributed by atoms with Crippen LogP contribution in [0.15, 0.2) is 71.0 Å².